The molecule has 2 aliphatic heterocycles. The van der Waals surface area contributed by atoms with Gasteiger partial charge in [-0.2, -0.15) is 10.4 Å². The predicted molar refractivity (Wildman–Crippen MR) is 125 cm³/mol. The molecular weight excluding hydrogens is 420 g/mol. The fourth-order valence-corrected chi connectivity index (χ4v) is 4.24. The number of anilines is 3. The highest BCUT2D eigenvalue weighted by Gasteiger charge is 2.19. The Morgan fingerprint density at radius 2 is 2.15 bits per heavy atom. The third kappa shape index (κ3) is 4.60. The van der Waals surface area contributed by atoms with Gasteiger partial charge in [-0.15, -0.1) is 0 Å². The van der Waals surface area contributed by atoms with Gasteiger partial charge in [-0.25, -0.2) is 9.50 Å². The molecule has 10 nitrogen and oxygen atoms in total. The van der Waals surface area contributed by atoms with E-state index in [1.807, 2.05) is 12.1 Å². The van der Waals surface area contributed by atoms with Gasteiger partial charge in [0.15, 0.2) is 5.65 Å². The van der Waals surface area contributed by atoms with Gasteiger partial charge >= 0.3 is 0 Å². The van der Waals surface area contributed by atoms with Crippen molar-refractivity contribution >= 4 is 28.7 Å². The molecule has 0 aliphatic carbocycles. The molecule has 2 fully saturated rings. The average molecular weight is 447 g/mol. The van der Waals surface area contributed by atoms with Crippen LogP contribution in [-0.4, -0.2) is 65.9 Å². The van der Waals surface area contributed by atoms with Crippen molar-refractivity contribution in [3.05, 3.63) is 47.8 Å². The Balaban J connectivity index is 1.35. The third-order valence-electron chi connectivity index (χ3n) is 6.01. The Kier molecular flexibility index (Phi) is 6.06. The number of nitriles is 1. The summed E-state index contributed by atoms with van der Waals surface area (Å²) >= 11 is 0. The molecule has 0 radical (unpaired) electrons. The first-order valence-corrected chi connectivity index (χ1v) is 11.2. The van der Waals surface area contributed by atoms with Crippen molar-refractivity contribution in [1.82, 2.24) is 19.9 Å². The first-order chi connectivity index (χ1) is 16.2. The van der Waals surface area contributed by atoms with E-state index in [4.69, 9.17) is 4.74 Å². The van der Waals surface area contributed by atoms with Gasteiger partial charge in [-0.05, 0) is 43.7 Å². The molecule has 33 heavy (non-hydrogen) atoms. The van der Waals surface area contributed by atoms with Gasteiger partial charge in [-0.3, -0.25) is 4.79 Å². The van der Waals surface area contributed by atoms with E-state index in [1.165, 1.54) is 6.20 Å². The maximum Gasteiger partial charge on any atom is 0.261 e. The fourth-order valence-electron chi connectivity index (χ4n) is 4.24. The van der Waals surface area contributed by atoms with Gasteiger partial charge in [-0.1, -0.05) is 0 Å². The summed E-state index contributed by atoms with van der Waals surface area (Å²) in [6.07, 6.45) is 5.48. The number of morpholine rings is 1. The molecule has 2 aliphatic rings. The topological polar surface area (TPSA) is 120 Å². The predicted octanol–water partition coefficient (Wildman–Crippen LogP) is 1.85. The average Bonchev–Trinajstić information content (AvgIpc) is 3.29. The second-order valence-electron chi connectivity index (χ2n) is 8.22. The van der Waals surface area contributed by atoms with Crippen molar-refractivity contribution in [2.75, 3.05) is 54.9 Å². The van der Waals surface area contributed by atoms with Gasteiger partial charge in [0.1, 0.15) is 17.5 Å². The number of ether oxygens (including phenoxy) is 1. The highest BCUT2D eigenvalue weighted by molar-refractivity contribution is 6.08. The lowest BCUT2D eigenvalue weighted by Gasteiger charge is -2.29. The zero-order chi connectivity index (χ0) is 22.6. The number of benzene rings is 1. The summed E-state index contributed by atoms with van der Waals surface area (Å²) in [6, 6.07) is 9.83. The summed E-state index contributed by atoms with van der Waals surface area (Å²) in [5.41, 5.74) is 2.62. The van der Waals surface area contributed by atoms with Crippen molar-refractivity contribution in [2.45, 2.75) is 18.9 Å². The van der Waals surface area contributed by atoms with Crippen molar-refractivity contribution in [2.24, 2.45) is 0 Å². The van der Waals surface area contributed by atoms with E-state index in [9.17, 15) is 10.1 Å². The minimum atomic E-state index is -0.357. The van der Waals surface area contributed by atoms with Crippen LogP contribution in [0.5, 0.6) is 0 Å². The minimum absolute atomic E-state index is 0.303. The Morgan fingerprint density at radius 3 is 2.94 bits per heavy atom. The number of carbonyl (C=O) groups excluding carboxylic acids is 1. The van der Waals surface area contributed by atoms with E-state index >= 15 is 0 Å². The van der Waals surface area contributed by atoms with Crippen LogP contribution < -0.4 is 20.9 Å². The summed E-state index contributed by atoms with van der Waals surface area (Å²) in [5, 5.41) is 23.6. The lowest BCUT2D eigenvalue weighted by Crippen LogP contribution is -2.38. The van der Waals surface area contributed by atoms with E-state index in [0.29, 0.717) is 47.5 Å². The zero-order valence-corrected chi connectivity index (χ0v) is 18.3. The number of aromatic nitrogens is 3. The second-order valence-corrected chi connectivity index (χ2v) is 8.22. The number of fused-ring (bicyclic) bond motifs is 1. The van der Waals surface area contributed by atoms with Crippen LogP contribution in [-0.2, 0) is 4.74 Å². The smallest absolute Gasteiger partial charge is 0.261 e. The van der Waals surface area contributed by atoms with Gasteiger partial charge in [0.25, 0.3) is 5.91 Å². The second kappa shape index (κ2) is 9.44. The number of hydrogen-bond acceptors (Lipinski definition) is 8. The Morgan fingerprint density at radius 1 is 1.27 bits per heavy atom. The molecule has 1 amide bonds. The number of rotatable bonds is 5. The maximum absolute atomic E-state index is 13.1. The van der Waals surface area contributed by atoms with Crippen LogP contribution in [0.1, 0.15) is 28.8 Å². The number of nitrogens with zero attached hydrogens (tertiary/aromatic N) is 5. The summed E-state index contributed by atoms with van der Waals surface area (Å²) in [4.78, 5) is 19.9. The number of carbonyl (C=O) groups is 1. The van der Waals surface area contributed by atoms with Crippen LogP contribution in [0.15, 0.2) is 36.7 Å². The number of hydrogen-bond donors (Lipinski definition) is 3. The molecule has 10 heteroatoms. The van der Waals surface area contributed by atoms with Crippen molar-refractivity contribution in [3.8, 4) is 6.07 Å². The van der Waals surface area contributed by atoms with E-state index in [0.717, 1.165) is 44.7 Å². The first-order valence-electron chi connectivity index (χ1n) is 11.2. The molecule has 2 aromatic heterocycles. The minimum Gasteiger partial charge on any atom is -0.378 e. The monoisotopic (exact) mass is 446 g/mol. The lowest BCUT2D eigenvalue weighted by atomic mass is 10.1. The molecule has 5 rings (SSSR count). The van der Waals surface area contributed by atoms with Crippen molar-refractivity contribution < 1.29 is 9.53 Å². The SMILES string of the molecule is N#Cc1cc(N2CCOCC2)ccc1NC(=O)c1cnn2ccc(N[C@@H]3CCCNC3)nc12. The van der Waals surface area contributed by atoms with E-state index in [-0.39, 0.29) is 5.91 Å². The molecule has 3 N–H and O–H groups in total. The number of amides is 1. The molecule has 0 spiro atoms. The largest absolute Gasteiger partial charge is 0.378 e. The van der Waals surface area contributed by atoms with Gasteiger partial charge in [0.2, 0.25) is 0 Å². The molecular formula is C23H26N8O2. The Bertz CT molecular complexity index is 1190. The standard InChI is InChI=1S/C23H26N8O2/c24-13-16-12-18(30-8-10-33-11-9-30)3-4-20(16)28-23(32)19-15-26-31-7-5-21(29-22(19)31)27-17-2-1-6-25-14-17/h3-5,7,12,15,17,25H,1-2,6,8-11,14H2,(H,27,29)(H,28,32)/t17-/m1/s1. The molecule has 3 aromatic rings. The highest BCUT2D eigenvalue weighted by atomic mass is 16.5. The lowest BCUT2D eigenvalue weighted by molar-refractivity contribution is 0.102. The summed E-state index contributed by atoms with van der Waals surface area (Å²) in [6.45, 7) is 4.80. The summed E-state index contributed by atoms with van der Waals surface area (Å²) in [7, 11) is 0. The van der Waals surface area contributed by atoms with E-state index in [1.54, 1.807) is 22.8 Å². The van der Waals surface area contributed by atoms with E-state index < -0.39 is 0 Å². The van der Waals surface area contributed by atoms with Crippen LogP contribution in [0.25, 0.3) is 5.65 Å². The molecule has 4 heterocycles. The van der Waals surface area contributed by atoms with Crippen LogP contribution in [0.4, 0.5) is 17.2 Å². The van der Waals surface area contributed by atoms with Gasteiger partial charge in [0.05, 0.1) is 30.7 Å². The summed E-state index contributed by atoms with van der Waals surface area (Å²) < 4.78 is 6.97. The van der Waals surface area contributed by atoms with Crippen LogP contribution in [0.2, 0.25) is 0 Å². The molecule has 1 atom stereocenters. The first kappa shape index (κ1) is 21.2. The molecule has 0 unspecified atom stereocenters. The fraction of sp³-hybridized carbons (Fsp3) is 0.391. The van der Waals surface area contributed by atoms with E-state index in [2.05, 4.69) is 37.0 Å². The van der Waals surface area contributed by atoms with Crippen LogP contribution in [0.3, 0.4) is 0 Å². The van der Waals surface area contributed by atoms with Crippen LogP contribution in [0, 0.1) is 11.3 Å². The number of piperidine rings is 1. The Hall–Kier alpha value is -3.68. The molecule has 1 aromatic carbocycles. The zero-order valence-electron chi connectivity index (χ0n) is 18.3. The van der Waals surface area contributed by atoms with Gasteiger partial charge in [0, 0.05) is 37.6 Å². The molecule has 0 bridgehead atoms. The Labute approximate surface area is 191 Å². The maximum atomic E-state index is 13.1. The van der Waals surface area contributed by atoms with Gasteiger partial charge < -0.3 is 25.6 Å². The molecule has 0 saturated carbocycles. The molecule has 170 valence electrons. The number of nitrogens with one attached hydrogen (secondary N) is 3. The third-order valence-corrected chi connectivity index (χ3v) is 6.01. The van der Waals surface area contributed by atoms with Crippen molar-refractivity contribution in [1.29, 1.82) is 5.26 Å². The summed E-state index contributed by atoms with van der Waals surface area (Å²) in [5.74, 6) is 0.350. The quantitative estimate of drug-likeness (QED) is 0.543. The highest BCUT2D eigenvalue weighted by Crippen LogP contribution is 2.25. The van der Waals surface area contributed by atoms with Crippen LogP contribution >= 0.6 is 0 Å². The van der Waals surface area contributed by atoms with Crippen molar-refractivity contribution in [3.63, 3.8) is 0 Å². The normalized spacial score (nSPS) is 18.6. The molecule has 2 saturated heterocycles.